The van der Waals surface area contributed by atoms with Crippen LogP contribution in [0.4, 0.5) is 0 Å². The van der Waals surface area contributed by atoms with Gasteiger partial charge >= 0.3 is 17.9 Å². The molecular weight excluding hydrogens is 949 g/mol. The second-order valence-corrected chi connectivity index (χ2v) is 22.4. The Labute approximate surface area is 478 Å². The van der Waals surface area contributed by atoms with E-state index < -0.39 is 6.10 Å². The molecule has 0 aliphatic carbocycles. The molecule has 0 fully saturated rings. The van der Waals surface area contributed by atoms with Gasteiger partial charge in [0.15, 0.2) is 6.10 Å². The zero-order valence-electron chi connectivity index (χ0n) is 51.2. The first-order valence-electron chi connectivity index (χ1n) is 33.4. The van der Waals surface area contributed by atoms with E-state index in [1.54, 1.807) is 0 Å². The van der Waals surface area contributed by atoms with Crippen LogP contribution in [0.5, 0.6) is 0 Å². The Kier molecular flexibility index (Phi) is 62.7. The SMILES string of the molecule is CC/C=C\C/C=C\C/C=C\C/C=C\CCCCCCC(=O)OC(COC(=O)CCCCCCC/C=C\C/C=C\CCCCC)COC(=O)CCCCCCCCCCCCCCCCCCCCCCCCCCCCC. The fraction of sp³-hybridized carbons (Fsp3) is 0.789. The van der Waals surface area contributed by atoms with Gasteiger partial charge in [0, 0.05) is 19.3 Å². The van der Waals surface area contributed by atoms with Crippen LogP contribution in [0.25, 0.3) is 0 Å². The normalized spacial score (nSPS) is 12.5. The average molecular weight is 1080 g/mol. The van der Waals surface area contributed by atoms with Crippen molar-refractivity contribution < 1.29 is 28.6 Å². The third-order valence-corrected chi connectivity index (χ3v) is 14.7. The fourth-order valence-electron chi connectivity index (χ4n) is 9.70. The molecule has 6 nitrogen and oxygen atoms in total. The highest BCUT2D eigenvalue weighted by molar-refractivity contribution is 5.71. The van der Waals surface area contributed by atoms with Crippen LogP contribution in [0, 0.1) is 0 Å². The first kappa shape index (κ1) is 73.8. The maximum Gasteiger partial charge on any atom is 0.306 e. The molecule has 0 heterocycles. The van der Waals surface area contributed by atoms with Crippen molar-refractivity contribution in [1.29, 1.82) is 0 Å². The van der Waals surface area contributed by atoms with Gasteiger partial charge in [0.1, 0.15) is 13.2 Å². The number of unbranched alkanes of at least 4 members (excludes halogenated alkanes) is 38. The van der Waals surface area contributed by atoms with Crippen LogP contribution >= 0.6 is 0 Å². The minimum absolute atomic E-state index is 0.0874. The van der Waals surface area contributed by atoms with E-state index in [0.717, 1.165) is 116 Å². The van der Waals surface area contributed by atoms with Gasteiger partial charge in [-0.05, 0) is 89.9 Å². The van der Waals surface area contributed by atoms with Crippen LogP contribution in [0.1, 0.15) is 342 Å². The molecule has 0 aromatic heterocycles. The van der Waals surface area contributed by atoms with Crippen LogP contribution in [0.3, 0.4) is 0 Å². The number of ether oxygens (including phenoxy) is 3. The third-order valence-electron chi connectivity index (χ3n) is 14.7. The maximum atomic E-state index is 12.9. The van der Waals surface area contributed by atoms with Crippen LogP contribution < -0.4 is 0 Å². The summed E-state index contributed by atoms with van der Waals surface area (Å²) in [5, 5.41) is 0. The second-order valence-electron chi connectivity index (χ2n) is 22.4. The van der Waals surface area contributed by atoms with Crippen molar-refractivity contribution in [3.05, 3.63) is 72.9 Å². The van der Waals surface area contributed by atoms with Gasteiger partial charge in [0.05, 0.1) is 0 Å². The highest BCUT2D eigenvalue weighted by Crippen LogP contribution is 2.18. The summed E-state index contributed by atoms with van der Waals surface area (Å²) in [5.74, 6) is -0.909. The molecule has 0 aliphatic rings. The summed E-state index contributed by atoms with van der Waals surface area (Å²) in [7, 11) is 0. The Bertz CT molecular complexity index is 1420. The van der Waals surface area contributed by atoms with Gasteiger partial charge in [-0.1, -0.05) is 306 Å². The van der Waals surface area contributed by atoms with Crippen LogP contribution in [-0.4, -0.2) is 37.2 Å². The van der Waals surface area contributed by atoms with Crippen LogP contribution in [0.2, 0.25) is 0 Å². The first-order chi connectivity index (χ1) is 38.0. The lowest BCUT2D eigenvalue weighted by Crippen LogP contribution is -2.30. The molecule has 1 atom stereocenters. The molecule has 0 aliphatic heterocycles. The largest absolute Gasteiger partial charge is 0.462 e. The highest BCUT2D eigenvalue weighted by atomic mass is 16.6. The van der Waals surface area contributed by atoms with Gasteiger partial charge < -0.3 is 14.2 Å². The Morgan fingerprint density at radius 1 is 0.273 bits per heavy atom. The van der Waals surface area contributed by atoms with E-state index in [1.165, 1.54) is 186 Å². The molecule has 6 heteroatoms. The van der Waals surface area contributed by atoms with Gasteiger partial charge in [-0.25, -0.2) is 0 Å². The van der Waals surface area contributed by atoms with Crippen LogP contribution in [0.15, 0.2) is 72.9 Å². The number of hydrogen-bond donors (Lipinski definition) is 0. The number of carbonyl (C=O) groups excluding carboxylic acids is 3. The molecule has 0 spiro atoms. The molecule has 0 amide bonds. The minimum Gasteiger partial charge on any atom is -0.462 e. The Morgan fingerprint density at radius 2 is 0.506 bits per heavy atom. The topological polar surface area (TPSA) is 78.9 Å². The molecule has 0 rings (SSSR count). The van der Waals surface area contributed by atoms with E-state index in [4.69, 9.17) is 14.2 Å². The molecule has 0 N–H and O–H groups in total. The third kappa shape index (κ3) is 63.6. The zero-order valence-corrected chi connectivity index (χ0v) is 51.2. The van der Waals surface area contributed by atoms with E-state index in [9.17, 15) is 14.4 Å². The summed E-state index contributed by atoms with van der Waals surface area (Å²) in [6.45, 7) is 6.51. The Morgan fingerprint density at radius 3 is 0.818 bits per heavy atom. The molecule has 0 saturated carbocycles. The summed E-state index contributed by atoms with van der Waals surface area (Å²) in [4.78, 5) is 38.3. The smallest absolute Gasteiger partial charge is 0.306 e. The quantitative estimate of drug-likeness (QED) is 0.0261. The molecule has 0 bridgehead atoms. The van der Waals surface area contributed by atoms with E-state index >= 15 is 0 Å². The number of rotatable bonds is 61. The standard InChI is InChI=1S/C71H126O6/c1-4-7-10-13-16-19-22-25-28-30-31-32-33-34-35-36-37-38-39-41-43-46-49-52-55-58-61-64-70(73)76-67-68(66-75-69(72)63-60-57-54-51-48-45-42-27-24-21-18-15-12-9-6-3)77-71(74)65-62-59-56-53-50-47-44-40-29-26-23-20-17-14-11-8-5-2/h8,11,17-18,20-21,26-27,29,42,44,47,68H,4-7,9-10,12-16,19,22-25,28,30-41,43,45-46,48-67H2,1-3H3/b11-8-,20-17-,21-18-,29-26-,42-27-,47-44-. The summed E-state index contributed by atoms with van der Waals surface area (Å²) in [6, 6.07) is 0. The van der Waals surface area contributed by atoms with Gasteiger partial charge in [-0.3, -0.25) is 14.4 Å². The van der Waals surface area contributed by atoms with Crippen molar-refractivity contribution >= 4 is 17.9 Å². The predicted molar refractivity (Wildman–Crippen MR) is 335 cm³/mol. The average Bonchev–Trinajstić information content (AvgIpc) is 3.43. The zero-order chi connectivity index (χ0) is 55.7. The van der Waals surface area contributed by atoms with E-state index in [-0.39, 0.29) is 31.1 Å². The molecule has 1 unspecified atom stereocenters. The lowest BCUT2D eigenvalue weighted by molar-refractivity contribution is -0.167. The van der Waals surface area contributed by atoms with Crippen molar-refractivity contribution in [1.82, 2.24) is 0 Å². The molecule has 446 valence electrons. The Balaban J connectivity index is 4.28. The molecule has 0 aromatic carbocycles. The summed E-state index contributed by atoms with van der Waals surface area (Å²) in [5.41, 5.74) is 0. The van der Waals surface area contributed by atoms with Crippen molar-refractivity contribution in [2.75, 3.05) is 13.2 Å². The summed E-state index contributed by atoms with van der Waals surface area (Å²) < 4.78 is 16.9. The van der Waals surface area contributed by atoms with Crippen molar-refractivity contribution in [3.8, 4) is 0 Å². The fourth-order valence-corrected chi connectivity index (χ4v) is 9.70. The first-order valence-corrected chi connectivity index (χ1v) is 33.4. The molecular formula is C71H126O6. The van der Waals surface area contributed by atoms with Gasteiger partial charge in [-0.2, -0.15) is 0 Å². The van der Waals surface area contributed by atoms with Gasteiger partial charge in [0.2, 0.25) is 0 Å². The molecule has 0 saturated heterocycles. The minimum atomic E-state index is -0.794. The van der Waals surface area contributed by atoms with Crippen LogP contribution in [-0.2, 0) is 28.6 Å². The lowest BCUT2D eigenvalue weighted by Gasteiger charge is -2.18. The maximum absolute atomic E-state index is 12.9. The number of allylic oxidation sites excluding steroid dienone is 12. The monoisotopic (exact) mass is 1070 g/mol. The number of carbonyl (C=O) groups is 3. The van der Waals surface area contributed by atoms with Gasteiger partial charge in [0.25, 0.3) is 0 Å². The van der Waals surface area contributed by atoms with Gasteiger partial charge in [-0.15, -0.1) is 0 Å². The predicted octanol–water partition coefficient (Wildman–Crippen LogP) is 22.9. The van der Waals surface area contributed by atoms with Crippen molar-refractivity contribution in [2.24, 2.45) is 0 Å². The molecule has 0 aromatic rings. The van der Waals surface area contributed by atoms with E-state index in [0.29, 0.717) is 19.3 Å². The number of esters is 3. The number of hydrogen-bond acceptors (Lipinski definition) is 6. The van der Waals surface area contributed by atoms with Crippen molar-refractivity contribution in [2.45, 2.75) is 348 Å². The van der Waals surface area contributed by atoms with E-state index in [1.807, 2.05) is 0 Å². The summed E-state index contributed by atoms with van der Waals surface area (Å²) in [6.07, 6.45) is 85.0. The summed E-state index contributed by atoms with van der Waals surface area (Å²) >= 11 is 0. The lowest BCUT2D eigenvalue weighted by atomic mass is 10.0. The Hall–Kier alpha value is -3.15. The van der Waals surface area contributed by atoms with E-state index in [2.05, 4.69) is 93.7 Å². The second kappa shape index (κ2) is 65.4. The van der Waals surface area contributed by atoms with Crippen molar-refractivity contribution in [3.63, 3.8) is 0 Å². The molecule has 77 heavy (non-hydrogen) atoms. The molecule has 0 radical (unpaired) electrons. The highest BCUT2D eigenvalue weighted by Gasteiger charge is 2.19.